The highest BCUT2D eigenvalue weighted by Gasteiger charge is 2.33. The van der Waals surface area contributed by atoms with Gasteiger partial charge in [-0.25, -0.2) is 0 Å². The van der Waals surface area contributed by atoms with E-state index in [-0.39, 0.29) is 5.41 Å². The van der Waals surface area contributed by atoms with E-state index in [4.69, 9.17) is 5.11 Å². The van der Waals surface area contributed by atoms with Gasteiger partial charge in [0.25, 0.3) is 0 Å². The fourth-order valence-corrected chi connectivity index (χ4v) is 3.24. The lowest BCUT2D eigenvalue weighted by Gasteiger charge is -2.36. The first kappa shape index (κ1) is 14.5. The number of carbonyl (C=O) groups is 1. The number of rotatable bonds is 8. The Morgan fingerprint density at radius 1 is 1.06 bits per heavy atom. The smallest absolute Gasteiger partial charge is 0.303 e. The predicted octanol–water partition coefficient (Wildman–Crippen LogP) is 4.77. The Morgan fingerprint density at radius 2 is 1.71 bits per heavy atom. The molecular formula is C15H28O2. The summed E-state index contributed by atoms with van der Waals surface area (Å²) in [5, 5.41) is 9.07. The second-order valence-corrected chi connectivity index (χ2v) is 5.80. The molecule has 0 heterocycles. The lowest BCUT2D eigenvalue weighted by molar-refractivity contribution is -0.140. The van der Waals surface area contributed by atoms with Crippen LogP contribution in [0.15, 0.2) is 0 Å². The van der Waals surface area contributed by atoms with Gasteiger partial charge in [0.2, 0.25) is 0 Å². The molecule has 100 valence electrons. The van der Waals surface area contributed by atoms with Crippen LogP contribution in [-0.4, -0.2) is 11.1 Å². The number of hydrogen-bond donors (Lipinski definition) is 1. The zero-order valence-electron chi connectivity index (χ0n) is 11.3. The van der Waals surface area contributed by atoms with Gasteiger partial charge in [-0.05, 0) is 24.7 Å². The molecule has 1 N–H and O–H groups in total. The van der Waals surface area contributed by atoms with Gasteiger partial charge in [-0.3, -0.25) is 4.79 Å². The molecule has 0 spiro atoms. The van der Waals surface area contributed by atoms with Crippen molar-refractivity contribution in [3.63, 3.8) is 0 Å². The molecule has 0 amide bonds. The van der Waals surface area contributed by atoms with E-state index in [2.05, 4.69) is 6.92 Å². The minimum Gasteiger partial charge on any atom is -0.481 e. The number of hydrogen-bond acceptors (Lipinski definition) is 1. The van der Waals surface area contributed by atoms with Crippen LogP contribution in [0.3, 0.4) is 0 Å². The Hall–Kier alpha value is -0.530. The molecule has 17 heavy (non-hydrogen) atoms. The first-order valence-electron chi connectivity index (χ1n) is 7.40. The largest absolute Gasteiger partial charge is 0.481 e. The van der Waals surface area contributed by atoms with Crippen molar-refractivity contribution in [2.24, 2.45) is 5.41 Å². The summed E-state index contributed by atoms with van der Waals surface area (Å²) in [6, 6.07) is 0. The molecule has 0 aromatic carbocycles. The van der Waals surface area contributed by atoms with Gasteiger partial charge in [-0.1, -0.05) is 58.3 Å². The first-order valence-corrected chi connectivity index (χ1v) is 7.40. The lowest BCUT2D eigenvalue weighted by atomic mass is 9.69. The molecule has 1 rings (SSSR count). The minimum absolute atomic E-state index is 0.149. The standard InChI is InChI=1S/C15H28O2/c1-2-3-4-5-7-10-15(13-14(16)17)11-8-6-9-12-15/h2-13H2,1H3,(H,16,17). The van der Waals surface area contributed by atoms with Crippen LogP contribution >= 0.6 is 0 Å². The summed E-state index contributed by atoms with van der Waals surface area (Å²) in [6.07, 6.45) is 14.1. The molecule has 1 aliphatic carbocycles. The first-order chi connectivity index (χ1) is 8.18. The molecule has 2 nitrogen and oxygen atoms in total. The van der Waals surface area contributed by atoms with Gasteiger partial charge in [0.05, 0.1) is 6.42 Å². The third kappa shape index (κ3) is 5.56. The third-order valence-corrected chi connectivity index (χ3v) is 4.25. The quantitative estimate of drug-likeness (QED) is 0.620. The fourth-order valence-electron chi connectivity index (χ4n) is 3.24. The molecule has 0 aromatic rings. The van der Waals surface area contributed by atoms with E-state index >= 15 is 0 Å². The molecule has 1 saturated carbocycles. The molecule has 0 unspecified atom stereocenters. The monoisotopic (exact) mass is 240 g/mol. The Balaban J connectivity index is 2.32. The van der Waals surface area contributed by atoms with E-state index in [1.807, 2.05) is 0 Å². The van der Waals surface area contributed by atoms with Crippen LogP contribution in [0, 0.1) is 5.41 Å². The van der Waals surface area contributed by atoms with Crippen molar-refractivity contribution in [2.45, 2.75) is 84.0 Å². The molecule has 0 saturated heterocycles. The zero-order valence-corrected chi connectivity index (χ0v) is 11.3. The fraction of sp³-hybridized carbons (Fsp3) is 0.933. The predicted molar refractivity (Wildman–Crippen MR) is 71.1 cm³/mol. The van der Waals surface area contributed by atoms with Crippen LogP contribution in [0.2, 0.25) is 0 Å². The number of aliphatic carboxylic acids is 1. The molecule has 0 radical (unpaired) electrons. The Labute approximate surface area is 106 Å². The van der Waals surface area contributed by atoms with Crippen molar-refractivity contribution >= 4 is 5.97 Å². The van der Waals surface area contributed by atoms with Crippen molar-refractivity contribution in [1.82, 2.24) is 0 Å². The third-order valence-electron chi connectivity index (χ3n) is 4.25. The Morgan fingerprint density at radius 3 is 2.29 bits per heavy atom. The van der Waals surface area contributed by atoms with E-state index < -0.39 is 5.97 Å². The van der Waals surface area contributed by atoms with Crippen LogP contribution in [0.1, 0.15) is 84.0 Å². The molecule has 1 fully saturated rings. The minimum atomic E-state index is -0.597. The molecule has 1 aliphatic rings. The van der Waals surface area contributed by atoms with Gasteiger partial charge in [-0.2, -0.15) is 0 Å². The molecular weight excluding hydrogens is 212 g/mol. The van der Waals surface area contributed by atoms with Crippen molar-refractivity contribution in [3.8, 4) is 0 Å². The van der Waals surface area contributed by atoms with Crippen molar-refractivity contribution < 1.29 is 9.90 Å². The van der Waals surface area contributed by atoms with E-state index in [0.29, 0.717) is 6.42 Å². The summed E-state index contributed by atoms with van der Waals surface area (Å²) >= 11 is 0. The number of carboxylic acid groups (broad SMARTS) is 1. The second kappa shape index (κ2) is 7.73. The van der Waals surface area contributed by atoms with Crippen LogP contribution in [0.4, 0.5) is 0 Å². The molecule has 2 heteroatoms. The normalized spacial score (nSPS) is 19.1. The summed E-state index contributed by atoms with van der Waals surface area (Å²) in [6.45, 7) is 2.23. The summed E-state index contributed by atoms with van der Waals surface area (Å²) in [4.78, 5) is 11.0. The highest BCUT2D eigenvalue weighted by Crippen LogP contribution is 2.43. The average molecular weight is 240 g/mol. The summed E-state index contributed by atoms with van der Waals surface area (Å²) in [7, 11) is 0. The molecule has 0 aromatic heterocycles. The van der Waals surface area contributed by atoms with E-state index in [9.17, 15) is 4.79 Å². The van der Waals surface area contributed by atoms with Gasteiger partial charge in [0.15, 0.2) is 0 Å². The van der Waals surface area contributed by atoms with E-state index in [1.54, 1.807) is 0 Å². The molecule has 0 bridgehead atoms. The number of unbranched alkanes of at least 4 members (excludes halogenated alkanes) is 4. The van der Waals surface area contributed by atoms with Crippen LogP contribution in [0.25, 0.3) is 0 Å². The Bertz CT molecular complexity index is 217. The number of carboxylic acids is 1. The van der Waals surface area contributed by atoms with Gasteiger partial charge >= 0.3 is 5.97 Å². The summed E-state index contributed by atoms with van der Waals surface area (Å²) in [5.74, 6) is -0.597. The van der Waals surface area contributed by atoms with E-state index in [1.165, 1.54) is 51.4 Å². The average Bonchev–Trinajstić information content (AvgIpc) is 2.29. The van der Waals surface area contributed by atoms with Crippen molar-refractivity contribution in [3.05, 3.63) is 0 Å². The Kier molecular flexibility index (Phi) is 6.61. The SMILES string of the molecule is CCCCCCCC1(CC(=O)O)CCCCC1. The van der Waals surface area contributed by atoms with Gasteiger partial charge in [0, 0.05) is 0 Å². The highest BCUT2D eigenvalue weighted by molar-refractivity contribution is 5.67. The van der Waals surface area contributed by atoms with Crippen molar-refractivity contribution in [2.75, 3.05) is 0 Å². The topological polar surface area (TPSA) is 37.3 Å². The van der Waals surface area contributed by atoms with Crippen LogP contribution < -0.4 is 0 Å². The maximum atomic E-state index is 11.0. The summed E-state index contributed by atoms with van der Waals surface area (Å²) in [5.41, 5.74) is 0.149. The molecule has 0 aliphatic heterocycles. The van der Waals surface area contributed by atoms with Gasteiger partial charge in [-0.15, -0.1) is 0 Å². The van der Waals surface area contributed by atoms with Crippen molar-refractivity contribution in [1.29, 1.82) is 0 Å². The summed E-state index contributed by atoms with van der Waals surface area (Å²) < 4.78 is 0. The van der Waals surface area contributed by atoms with Gasteiger partial charge in [0.1, 0.15) is 0 Å². The zero-order chi connectivity index (χ0) is 12.6. The van der Waals surface area contributed by atoms with E-state index in [0.717, 1.165) is 19.3 Å². The lowest BCUT2D eigenvalue weighted by Crippen LogP contribution is -2.27. The van der Waals surface area contributed by atoms with Gasteiger partial charge < -0.3 is 5.11 Å². The second-order valence-electron chi connectivity index (χ2n) is 5.80. The van der Waals surface area contributed by atoms with Crippen LogP contribution in [0.5, 0.6) is 0 Å². The maximum Gasteiger partial charge on any atom is 0.303 e. The maximum absolute atomic E-state index is 11.0. The van der Waals surface area contributed by atoms with Crippen LogP contribution in [-0.2, 0) is 4.79 Å². The highest BCUT2D eigenvalue weighted by atomic mass is 16.4. The molecule has 0 atom stereocenters.